The predicted octanol–water partition coefficient (Wildman–Crippen LogP) is 1.14. The fourth-order valence-corrected chi connectivity index (χ4v) is 2.96. The molecule has 1 saturated heterocycles. The first-order chi connectivity index (χ1) is 7.36. The largest absolute Gasteiger partial charge is 0.320 e. The van der Waals surface area contributed by atoms with E-state index in [4.69, 9.17) is 0 Å². The fourth-order valence-electron chi connectivity index (χ4n) is 2.01. The lowest BCUT2D eigenvalue weighted by Crippen LogP contribution is -2.26. The second-order valence-electron chi connectivity index (χ2n) is 3.65. The predicted molar refractivity (Wildman–Crippen MR) is 61.6 cm³/mol. The lowest BCUT2D eigenvalue weighted by atomic mass is 10.1. The van der Waals surface area contributed by atoms with Crippen molar-refractivity contribution in [2.45, 2.75) is 0 Å². The van der Waals surface area contributed by atoms with Crippen molar-refractivity contribution < 1.29 is 9.37 Å². The number of hydrogen-bond donors (Lipinski definition) is 1. The molecule has 3 nitrogen and oxygen atoms in total. The Bertz CT molecular complexity index is 459. The normalized spacial score (nSPS) is 24.1. The molecule has 76 valence electrons. The number of nitrogens with zero attached hydrogens (tertiary/aromatic N) is 1. The second-order valence-corrected chi connectivity index (χ2v) is 4.72. The molecule has 2 aliphatic heterocycles. The highest BCUT2D eigenvalue weighted by Crippen LogP contribution is 2.24. The second kappa shape index (κ2) is 3.38. The summed E-state index contributed by atoms with van der Waals surface area (Å²) in [5.41, 5.74) is 2.83. The van der Waals surface area contributed by atoms with Crippen molar-refractivity contribution in [3.05, 3.63) is 29.8 Å². The van der Waals surface area contributed by atoms with Crippen LogP contribution in [0.3, 0.4) is 0 Å². The van der Waals surface area contributed by atoms with E-state index in [0.717, 1.165) is 35.1 Å². The van der Waals surface area contributed by atoms with E-state index in [1.807, 2.05) is 36.0 Å². The Morgan fingerprint density at radius 1 is 1.33 bits per heavy atom. The van der Waals surface area contributed by atoms with Gasteiger partial charge >= 0.3 is 5.91 Å². The number of nitrogens with one attached hydrogen (secondary N) is 1. The molecule has 0 aliphatic carbocycles. The Kier molecular flexibility index (Phi) is 2.02. The van der Waals surface area contributed by atoms with Gasteiger partial charge in [0.15, 0.2) is 12.4 Å². The molecule has 0 unspecified atom stereocenters. The van der Waals surface area contributed by atoms with Crippen molar-refractivity contribution in [3.8, 4) is 0 Å². The van der Waals surface area contributed by atoms with Crippen LogP contribution >= 0.6 is 11.8 Å². The molecular weight excluding hydrogens is 208 g/mol. The van der Waals surface area contributed by atoms with Gasteiger partial charge in [0.05, 0.1) is 17.0 Å². The van der Waals surface area contributed by atoms with E-state index in [-0.39, 0.29) is 5.91 Å². The van der Waals surface area contributed by atoms with E-state index in [1.165, 1.54) is 0 Å². The topological polar surface area (TPSA) is 32.1 Å². The number of carbonyl (C=O) groups excluding carboxylic acids is 1. The lowest BCUT2D eigenvalue weighted by molar-refractivity contribution is -0.493. The van der Waals surface area contributed by atoms with E-state index in [2.05, 4.69) is 9.89 Å². The van der Waals surface area contributed by atoms with Crippen molar-refractivity contribution in [1.29, 1.82) is 0 Å². The van der Waals surface area contributed by atoms with Gasteiger partial charge in [-0.2, -0.15) is 0 Å². The Labute approximate surface area is 92.2 Å². The first-order valence-electron chi connectivity index (χ1n) is 4.96. The molecule has 0 atom stereocenters. The molecule has 0 saturated carbocycles. The summed E-state index contributed by atoms with van der Waals surface area (Å²) in [5.74, 6) is 2.08. The summed E-state index contributed by atoms with van der Waals surface area (Å²) < 4.78 is 2.16. The zero-order valence-corrected chi connectivity index (χ0v) is 9.01. The van der Waals surface area contributed by atoms with Crippen LogP contribution in [0.5, 0.6) is 0 Å². The fraction of sp³-hybridized carbons (Fsp3) is 0.273. The number of carbonyl (C=O) groups is 1. The number of hydrogen-bond acceptors (Lipinski definition) is 2. The van der Waals surface area contributed by atoms with Gasteiger partial charge in [-0.25, -0.2) is 4.58 Å². The average Bonchev–Trinajstić information content (AvgIpc) is 2.82. The van der Waals surface area contributed by atoms with Gasteiger partial charge in [0, 0.05) is 0 Å². The highest BCUT2D eigenvalue weighted by molar-refractivity contribution is 7.99. The molecule has 1 fully saturated rings. The Hall–Kier alpha value is -1.29. The summed E-state index contributed by atoms with van der Waals surface area (Å²) in [6.45, 7) is 0.974. The summed E-state index contributed by atoms with van der Waals surface area (Å²) in [4.78, 5) is 11.8. The van der Waals surface area contributed by atoms with Gasteiger partial charge in [0.25, 0.3) is 5.71 Å². The van der Waals surface area contributed by atoms with Crippen LogP contribution in [0.25, 0.3) is 0 Å². The highest BCUT2D eigenvalue weighted by atomic mass is 32.2. The van der Waals surface area contributed by atoms with Crippen LogP contribution in [-0.4, -0.2) is 34.4 Å². The third-order valence-corrected chi connectivity index (χ3v) is 3.68. The number of para-hydroxylation sites is 1. The number of anilines is 1. The lowest BCUT2D eigenvalue weighted by Gasteiger charge is -1.96. The van der Waals surface area contributed by atoms with Crippen molar-refractivity contribution in [1.82, 2.24) is 0 Å². The molecule has 4 heteroatoms. The molecule has 1 aromatic carbocycles. The summed E-state index contributed by atoms with van der Waals surface area (Å²) >= 11 is 1.87. The van der Waals surface area contributed by atoms with Crippen LogP contribution < -0.4 is 5.32 Å². The van der Waals surface area contributed by atoms with Crippen LogP contribution in [0.2, 0.25) is 0 Å². The first kappa shape index (κ1) is 8.97. The molecule has 0 aromatic heterocycles. The molecule has 0 bridgehead atoms. The van der Waals surface area contributed by atoms with Gasteiger partial charge in [0.2, 0.25) is 0 Å². The van der Waals surface area contributed by atoms with E-state index >= 15 is 0 Å². The van der Waals surface area contributed by atoms with Gasteiger partial charge < -0.3 is 5.32 Å². The van der Waals surface area contributed by atoms with Gasteiger partial charge in [-0.15, -0.1) is 0 Å². The molecule has 1 N–H and O–H groups in total. The maximum Gasteiger partial charge on any atom is 0.320 e. The summed E-state index contributed by atoms with van der Waals surface area (Å²) in [6.07, 6.45) is 0. The van der Waals surface area contributed by atoms with Gasteiger partial charge in [-0.1, -0.05) is 23.9 Å². The quantitative estimate of drug-likeness (QED) is 0.664. The minimum atomic E-state index is 0.0405. The molecule has 3 rings (SSSR count). The number of benzene rings is 1. The molecule has 1 amide bonds. The maximum atomic E-state index is 11.8. The first-order valence-corrected chi connectivity index (χ1v) is 6.12. The van der Waals surface area contributed by atoms with Crippen molar-refractivity contribution in [2.75, 3.05) is 23.5 Å². The van der Waals surface area contributed by atoms with Crippen LogP contribution in [0.15, 0.2) is 24.3 Å². The van der Waals surface area contributed by atoms with Crippen LogP contribution in [0.4, 0.5) is 5.69 Å². The smallest absolute Gasteiger partial charge is 0.316 e. The van der Waals surface area contributed by atoms with Gasteiger partial charge in [0.1, 0.15) is 0 Å². The Morgan fingerprint density at radius 3 is 3.00 bits per heavy atom. The van der Waals surface area contributed by atoms with Crippen LogP contribution in [-0.2, 0) is 4.79 Å². The molecular formula is C11H11N2OS+. The van der Waals surface area contributed by atoms with Crippen molar-refractivity contribution in [2.24, 2.45) is 0 Å². The Balaban J connectivity index is 2.17. The Morgan fingerprint density at radius 2 is 2.20 bits per heavy atom. The molecule has 2 aliphatic rings. The van der Waals surface area contributed by atoms with Gasteiger partial charge in [-0.05, 0) is 12.1 Å². The van der Waals surface area contributed by atoms with Crippen molar-refractivity contribution >= 4 is 29.1 Å². The van der Waals surface area contributed by atoms with E-state index in [9.17, 15) is 4.79 Å². The number of rotatable bonds is 0. The molecule has 2 heterocycles. The standard InChI is InChI=1S/C11H10N2OS/c14-11-10(13-5-6-15-7-13)8-3-1-2-4-9(8)12-11/h1-4H,5-7H2/p+1. The average molecular weight is 219 g/mol. The van der Waals surface area contributed by atoms with E-state index in [1.54, 1.807) is 0 Å². The number of thioether (sulfide) groups is 1. The number of fused-ring (bicyclic) bond motifs is 1. The van der Waals surface area contributed by atoms with Crippen molar-refractivity contribution in [3.63, 3.8) is 0 Å². The third kappa shape index (κ3) is 1.36. The summed E-state index contributed by atoms with van der Waals surface area (Å²) in [7, 11) is 0. The maximum absolute atomic E-state index is 11.8. The van der Waals surface area contributed by atoms with Crippen LogP contribution in [0.1, 0.15) is 5.56 Å². The molecule has 1 aromatic rings. The summed E-state index contributed by atoms with van der Waals surface area (Å²) in [6, 6.07) is 7.87. The summed E-state index contributed by atoms with van der Waals surface area (Å²) in [5, 5.41) is 2.90. The number of amides is 1. The zero-order valence-electron chi connectivity index (χ0n) is 8.19. The third-order valence-electron chi connectivity index (χ3n) is 2.71. The van der Waals surface area contributed by atoms with Gasteiger partial charge in [-0.3, -0.25) is 4.79 Å². The minimum Gasteiger partial charge on any atom is -0.316 e. The molecule has 0 spiro atoms. The zero-order chi connectivity index (χ0) is 10.3. The van der Waals surface area contributed by atoms with E-state index in [0.29, 0.717) is 0 Å². The van der Waals surface area contributed by atoms with Crippen LogP contribution in [0, 0.1) is 0 Å². The SMILES string of the molecule is O=C1Nc2ccccc2/C1=[N+]1\CCSC1. The minimum absolute atomic E-state index is 0.0405. The highest BCUT2D eigenvalue weighted by Gasteiger charge is 2.35. The molecule has 0 radical (unpaired) electrons. The monoisotopic (exact) mass is 219 g/mol. The van der Waals surface area contributed by atoms with E-state index < -0.39 is 0 Å². The molecule has 15 heavy (non-hydrogen) atoms.